The van der Waals surface area contributed by atoms with E-state index in [1.807, 2.05) is 25.1 Å². The Labute approximate surface area is 220 Å². The molecule has 2 aromatic heterocycles. The van der Waals surface area contributed by atoms with Gasteiger partial charge in [0.05, 0.1) is 27.9 Å². The number of anilines is 2. The number of carbonyl (C=O) groups excluding carboxylic acids is 1. The topological polar surface area (TPSA) is 92.5 Å². The number of nitrogens with one attached hydrogen (secondary N) is 1. The number of nitrogens with zero attached hydrogens (tertiary/aromatic N) is 2. The van der Waals surface area contributed by atoms with Crippen LogP contribution in [0.15, 0.2) is 98.9 Å². The molecule has 1 amide bonds. The molecule has 182 valence electrons. The van der Waals surface area contributed by atoms with Gasteiger partial charge in [0.1, 0.15) is 5.76 Å². The maximum Gasteiger partial charge on any atom is 0.261 e. The second-order valence-corrected chi connectivity index (χ2v) is 11.7. The highest BCUT2D eigenvalue weighted by Crippen LogP contribution is 2.32. The van der Waals surface area contributed by atoms with Crippen molar-refractivity contribution in [2.24, 2.45) is 0 Å². The third kappa shape index (κ3) is 5.20. The molecule has 0 bridgehead atoms. The molecule has 0 atom stereocenters. The van der Waals surface area contributed by atoms with Crippen molar-refractivity contribution in [3.05, 3.63) is 106 Å². The van der Waals surface area contributed by atoms with Gasteiger partial charge >= 0.3 is 0 Å². The number of hydrogen-bond donors (Lipinski definition) is 1. The van der Waals surface area contributed by atoms with Crippen molar-refractivity contribution >= 4 is 64.2 Å². The zero-order valence-electron chi connectivity index (χ0n) is 19.0. The Morgan fingerprint density at radius 1 is 1.06 bits per heavy atom. The number of benzene rings is 3. The molecule has 1 N–H and O–H groups in total. The van der Waals surface area contributed by atoms with E-state index in [4.69, 9.17) is 4.42 Å². The fourth-order valence-electron chi connectivity index (χ4n) is 3.55. The van der Waals surface area contributed by atoms with Gasteiger partial charge in [-0.05, 0) is 73.7 Å². The zero-order valence-corrected chi connectivity index (χ0v) is 22.2. The summed E-state index contributed by atoms with van der Waals surface area (Å²) in [6, 6.07) is 22.2. The standard InChI is InChI=1S/C26H20BrN3O4S2/c1-17-4-11-22(12-5-17)36(32,33)29-20-9-6-18(7-10-20)25(31)30(16-21-3-2-14-34-21)26-28-23-13-8-19(27)15-24(23)35-26/h2-15,29H,16H2,1H3. The van der Waals surface area contributed by atoms with Gasteiger partial charge in [-0.1, -0.05) is 45.0 Å². The van der Waals surface area contributed by atoms with Crippen LogP contribution in [0.1, 0.15) is 21.7 Å². The van der Waals surface area contributed by atoms with Gasteiger partial charge in [-0.25, -0.2) is 13.4 Å². The summed E-state index contributed by atoms with van der Waals surface area (Å²) in [6.07, 6.45) is 1.56. The first-order valence-corrected chi connectivity index (χ1v) is 14.0. The van der Waals surface area contributed by atoms with E-state index in [-0.39, 0.29) is 17.3 Å². The molecule has 0 saturated carbocycles. The summed E-state index contributed by atoms with van der Waals surface area (Å²) < 4.78 is 35.3. The first kappa shape index (κ1) is 24.2. The molecule has 0 aliphatic carbocycles. The Kier molecular flexibility index (Phi) is 6.65. The van der Waals surface area contributed by atoms with Crippen LogP contribution < -0.4 is 9.62 Å². The van der Waals surface area contributed by atoms with Gasteiger partial charge in [-0.2, -0.15) is 0 Å². The Bertz CT molecular complexity index is 1630. The number of hydrogen-bond acceptors (Lipinski definition) is 6. The highest BCUT2D eigenvalue weighted by Gasteiger charge is 2.23. The predicted octanol–water partition coefficient (Wildman–Crippen LogP) is 6.61. The van der Waals surface area contributed by atoms with Crippen molar-refractivity contribution in [1.29, 1.82) is 0 Å². The molecule has 10 heteroatoms. The van der Waals surface area contributed by atoms with Crippen molar-refractivity contribution < 1.29 is 17.6 Å². The van der Waals surface area contributed by atoms with Crippen molar-refractivity contribution in [2.75, 3.05) is 9.62 Å². The van der Waals surface area contributed by atoms with Gasteiger partial charge in [0.25, 0.3) is 15.9 Å². The summed E-state index contributed by atoms with van der Waals surface area (Å²) in [6.45, 7) is 2.09. The van der Waals surface area contributed by atoms with E-state index < -0.39 is 10.0 Å². The molecule has 0 radical (unpaired) electrons. The SMILES string of the molecule is Cc1ccc(S(=O)(=O)Nc2ccc(C(=O)N(Cc3ccco3)c3nc4ccc(Br)cc4s3)cc2)cc1. The quantitative estimate of drug-likeness (QED) is 0.233. The van der Waals surface area contributed by atoms with E-state index in [0.717, 1.165) is 20.3 Å². The molecule has 0 aliphatic rings. The zero-order chi connectivity index (χ0) is 25.3. The molecule has 0 aliphatic heterocycles. The number of halogens is 1. The summed E-state index contributed by atoms with van der Waals surface area (Å²) in [5.41, 5.74) is 2.50. The average molecular weight is 583 g/mol. The number of fused-ring (bicyclic) bond motifs is 1. The molecule has 0 unspecified atom stereocenters. The Balaban J connectivity index is 1.41. The van der Waals surface area contributed by atoms with Gasteiger partial charge in [-0.3, -0.25) is 14.4 Å². The van der Waals surface area contributed by atoms with Crippen molar-refractivity contribution in [1.82, 2.24) is 4.98 Å². The maximum absolute atomic E-state index is 13.6. The minimum absolute atomic E-state index is 0.167. The Morgan fingerprint density at radius 3 is 2.50 bits per heavy atom. The van der Waals surface area contributed by atoms with Crippen LogP contribution in [0.4, 0.5) is 10.8 Å². The Hall–Kier alpha value is -3.47. The van der Waals surface area contributed by atoms with Gasteiger partial charge in [0.15, 0.2) is 5.13 Å². The van der Waals surface area contributed by atoms with Crippen LogP contribution >= 0.6 is 27.3 Å². The summed E-state index contributed by atoms with van der Waals surface area (Å²) in [5.74, 6) is 0.337. The normalized spacial score (nSPS) is 11.5. The van der Waals surface area contributed by atoms with Crippen LogP contribution in [0.3, 0.4) is 0 Å². The third-order valence-electron chi connectivity index (χ3n) is 5.42. The molecule has 7 nitrogen and oxygen atoms in total. The van der Waals surface area contributed by atoms with E-state index in [1.165, 1.54) is 11.3 Å². The lowest BCUT2D eigenvalue weighted by atomic mass is 10.2. The number of furan rings is 1. The first-order chi connectivity index (χ1) is 17.3. The highest BCUT2D eigenvalue weighted by atomic mass is 79.9. The number of aromatic nitrogens is 1. The Morgan fingerprint density at radius 2 is 1.81 bits per heavy atom. The molecule has 5 aromatic rings. The van der Waals surface area contributed by atoms with Crippen molar-refractivity contribution in [3.63, 3.8) is 0 Å². The summed E-state index contributed by atoms with van der Waals surface area (Å²) in [4.78, 5) is 20.0. The van der Waals surface area contributed by atoms with E-state index in [9.17, 15) is 13.2 Å². The van der Waals surface area contributed by atoms with E-state index in [2.05, 4.69) is 25.6 Å². The molecule has 0 spiro atoms. The monoisotopic (exact) mass is 581 g/mol. The largest absolute Gasteiger partial charge is 0.467 e. The van der Waals surface area contributed by atoms with Crippen molar-refractivity contribution in [3.8, 4) is 0 Å². The van der Waals surface area contributed by atoms with Gasteiger partial charge < -0.3 is 4.42 Å². The number of amides is 1. The fourth-order valence-corrected chi connectivity index (χ4v) is 6.13. The maximum atomic E-state index is 13.6. The van der Waals surface area contributed by atoms with E-state index in [0.29, 0.717) is 22.1 Å². The van der Waals surface area contributed by atoms with Gasteiger partial charge in [-0.15, -0.1) is 0 Å². The van der Waals surface area contributed by atoms with Gasteiger partial charge in [0.2, 0.25) is 0 Å². The molecule has 0 fully saturated rings. The van der Waals surface area contributed by atoms with Crippen LogP contribution in [-0.2, 0) is 16.6 Å². The molecule has 5 rings (SSSR count). The lowest BCUT2D eigenvalue weighted by molar-refractivity contribution is 0.0983. The minimum Gasteiger partial charge on any atom is -0.467 e. The molecule has 3 aromatic carbocycles. The first-order valence-electron chi connectivity index (χ1n) is 10.9. The molecular weight excluding hydrogens is 562 g/mol. The third-order valence-corrected chi connectivity index (χ3v) is 8.36. The van der Waals surface area contributed by atoms with Crippen LogP contribution in [0.2, 0.25) is 0 Å². The van der Waals surface area contributed by atoms with Crippen LogP contribution in [-0.4, -0.2) is 19.3 Å². The van der Waals surface area contributed by atoms with Crippen LogP contribution in [0.25, 0.3) is 10.2 Å². The lowest BCUT2D eigenvalue weighted by Gasteiger charge is -2.19. The average Bonchev–Trinajstić information content (AvgIpc) is 3.52. The molecule has 2 heterocycles. The summed E-state index contributed by atoms with van der Waals surface area (Å²) in [5, 5.41) is 0.536. The van der Waals surface area contributed by atoms with Crippen LogP contribution in [0, 0.1) is 6.92 Å². The van der Waals surface area contributed by atoms with E-state index >= 15 is 0 Å². The van der Waals surface area contributed by atoms with Crippen LogP contribution in [0.5, 0.6) is 0 Å². The second-order valence-electron chi connectivity index (χ2n) is 8.08. The number of aryl methyl sites for hydroxylation is 1. The molecule has 0 saturated heterocycles. The number of sulfonamides is 1. The number of carbonyl (C=O) groups is 1. The van der Waals surface area contributed by atoms with Crippen molar-refractivity contribution in [2.45, 2.75) is 18.4 Å². The summed E-state index contributed by atoms with van der Waals surface area (Å²) in [7, 11) is -3.75. The highest BCUT2D eigenvalue weighted by molar-refractivity contribution is 9.10. The van der Waals surface area contributed by atoms with Gasteiger partial charge in [0, 0.05) is 15.7 Å². The molecule has 36 heavy (non-hydrogen) atoms. The number of thiazole rings is 1. The van der Waals surface area contributed by atoms with E-state index in [1.54, 1.807) is 71.8 Å². The molecular formula is C26H20BrN3O4S2. The smallest absolute Gasteiger partial charge is 0.261 e. The predicted molar refractivity (Wildman–Crippen MR) is 145 cm³/mol. The lowest BCUT2D eigenvalue weighted by Crippen LogP contribution is -2.30. The fraction of sp³-hybridized carbons (Fsp3) is 0.0769. The minimum atomic E-state index is -3.75. The summed E-state index contributed by atoms with van der Waals surface area (Å²) >= 11 is 4.88. The number of rotatable bonds is 7. The second kappa shape index (κ2) is 9.88.